The van der Waals surface area contributed by atoms with E-state index in [1.54, 1.807) is 30.6 Å². The fourth-order valence-electron chi connectivity index (χ4n) is 2.33. The third-order valence-corrected chi connectivity index (χ3v) is 3.46. The van der Waals surface area contributed by atoms with Gasteiger partial charge in [0.15, 0.2) is 22.8 Å². The van der Waals surface area contributed by atoms with Crippen LogP contribution in [0.1, 0.15) is 0 Å². The van der Waals surface area contributed by atoms with E-state index in [0.29, 0.717) is 34.1 Å². The number of nitrogens with zero attached hydrogens (tertiary/aromatic N) is 2. The number of aromatic nitrogens is 2. The number of fused-ring (bicyclic) bond motifs is 1. The summed E-state index contributed by atoms with van der Waals surface area (Å²) in [6.45, 7) is 0. The Labute approximate surface area is 137 Å². The number of hydrogen-bond acceptors (Lipinski definition) is 5. The average Bonchev–Trinajstić information content (AvgIpc) is 2.63. The Hall–Kier alpha value is -3.47. The van der Waals surface area contributed by atoms with Crippen molar-refractivity contribution < 1.29 is 9.15 Å². The highest BCUT2D eigenvalue weighted by Gasteiger charge is 2.09. The third-order valence-electron chi connectivity index (χ3n) is 3.46. The highest BCUT2D eigenvalue weighted by Crippen LogP contribution is 2.22. The van der Waals surface area contributed by atoms with Gasteiger partial charge in [0, 0.05) is 6.07 Å². The summed E-state index contributed by atoms with van der Waals surface area (Å²) >= 11 is 0. The molecule has 0 bridgehead atoms. The molecule has 4 aromatic rings. The zero-order valence-corrected chi connectivity index (χ0v) is 12.5. The average molecular weight is 316 g/mol. The Bertz CT molecular complexity index is 1040. The predicted molar refractivity (Wildman–Crippen MR) is 90.0 cm³/mol. The molecule has 0 saturated heterocycles. The van der Waals surface area contributed by atoms with Crippen LogP contribution in [0.15, 0.2) is 82.3 Å². The first-order valence-corrected chi connectivity index (χ1v) is 7.38. The fourth-order valence-corrected chi connectivity index (χ4v) is 2.33. The molecule has 5 heteroatoms. The second-order valence-corrected chi connectivity index (χ2v) is 5.13. The second kappa shape index (κ2) is 5.96. The van der Waals surface area contributed by atoms with Crippen molar-refractivity contribution in [3.8, 4) is 23.1 Å². The van der Waals surface area contributed by atoms with Crippen molar-refractivity contribution >= 4 is 11.0 Å². The summed E-state index contributed by atoms with van der Waals surface area (Å²) in [5.74, 6) is 1.86. The Morgan fingerprint density at radius 1 is 0.833 bits per heavy atom. The van der Waals surface area contributed by atoms with Gasteiger partial charge in [0.25, 0.3) is 0 Å². The molecule has 2 aromatic heterocycles. The van der Waals surface area contributed by atoms with Gasteiger partial charge < -0.3 is 9.15 Å². The highest BCUT2D eigenvalue weighted by molar-refractivity contribution is 5.77. The molecule has 2 heterocycles. The number of hydrogen-bond donors (Lipinski definition) is 0. The van der Waals surface area contributed by atoms with Crippen molar-refractivity contribution in [2.45, 2.75) is 0 Å². The third kappa shape index (κ3) is 2.75. The summed E-state index contributed by atoms with van der Waals surface area (Å²) in [6, 6.07) is 17.8. The van der Waals surface area contributed by atoms with E-state index in [2.05, 4.69) is 9.97 Å². The Balaban J connectivity index is 1.67. The van der Waals surface area contributed by atoms with Gasteiger partial charge in [-0.3, -0.25) is 4.79 Å². The molecule has 0 spiro atoms. The summed E-state index contributed by atoms with van der Waals surface area (Å²) in [5, 5.41) is 0.533. The predicted octanol–water partition coefficient (Wildman–Crippen LogP) is 4.04. The lowest BCUT2D eigenvalue weighted by Crippen LogP contribution is -2.01. The molecule has 116 valence electrons. The molecule has 0 N–H and O–H groups in total. The van der Waals surface area contributed by atoms with E-state index in [9.17, 15) is 4.79 Å². The van der Waals surface area contributed by atoms with E-state index in [1.165, 1.54) is 6.07 Å². The zero-order chi connectivity index (χ0) is 16.4. The van der Waals surface area contributed by atoms with Crippen molar-refractivity contribution in [2.24, 2.45) is 0 Å². The van der Waals surface area contributed by atoms with Crippen LogP contribution >= 0.6 is 0 Å². The van der Waals surface area contributed by atoms with Crippen LogP contribution in [0.25, 0.3) is 22.6 Å². The minimum absolute atomic E-state index is 0.125. The Morgan fingerprint density at radius 3 is 2.33 bits per heavy atom. The van der Waals surface area contributed by atoms with Gasteiger partial charge in [-0.15, -0.1) is 0 Å². The van der Waals surface area contributed by atoms with Gasteiger partial charge in [0.2, 0.25) is 0 Å². The summed E-state index contributed by atoms with van der Waals surface area (Å²) in [4.78, 5) is 20.6. The summed E-state index contributed by atoms with van der Waals surface area (Å²) < 4.78 is 11.4. The quantitative estimate of drug-likeness (QED) is 0.570. The van der Waals surface area contributed by atoms with Gasteiger partial charge in [-0.2, -0.15) is 0 Å². The lowest BCUT2D eigenvalue weighted by molar-refractivity contribution is 0.477. The van der Waals surface area contributed by atoms with Crippen LogP contribution in [0.3, 0.4) is 0 Å². The molecule has 0 saturated carbocycles. The van der Waals surface area contributed by atoms with Crippen LogP contribution in [-0.4, -0.2) is 9.97 Å². The van der Waals surface area contributed by atoms with Crippen LogP contribution in [0.4, 0.5) is 0 Å². The molecule has 0 fully saturated rings. The first-order valence-electron chi connectivity index (χ1n) is 7.38. The van der Waals surface area contributed by atoms with E-state index in [-0.39, 0.29) is 5.43 Å². The number of para-hydroxylation sites is 2. The number of rotatable bonds is 3. The van der Waals surface area contributed by atoms with Crippen LogP contribution in [-0.2, 0) is 0 Å². The molecular formula is C19H12N2O3. The summed E-state index contributed by atoms with van der Waals surface area (Å²) in [7, 11) is 0. The summed E-state index contributed by atoms with van der Waals surface area (Å²) in [5.41, 5.74) is 0.383. The second-order valence-electron chi connectivity index (χ2n) is 5.13. The molecular weight excluding hydrogens is 304 g/mol. The van der Waals surface area contributed by atoms with Crippen molar-refractivity contribution in [2.75, 3.05) is 0 Å². The molecule has 0 aliphatic carbocycles. The lowest BCUT2D eigenvalue weighted by atomic mass is 10.2. The van der Waals surface area contributed by atoms with Crippen molar-refractivity contribution in [3.63, 3.8) is 0 Å². The molecule has 5 nitrogen and oxygen atoms in total. The minimum Gasteiger partial charge on any atom is -0.454 e. The molecule has 0 amide bonds. The van der Waals surface area contributed by atoms with Crippen molar-refractivity contribution in [1.29, 1.82) is 0 Å². The summed E-state index contributed by atoms with van der Waals surface area (Å²) in [6.07, 6.45) is 3.09. The maximum Gasteiger partial charge on any atom is 0.196 e. The fraction of sp³-hybridized carbons (Fsp3) is 0. The molecule has 0 radical (unpaired) electrons. The van der Waals surface area contributed by atoms with Crippen LogP contribution in [0, 0.1) is 0 Å². The van der Waals surface area contributed by atoms with E-state index in [1.807, 2.05) is 36.4 Å². The largest absolute Gasteiger partial charge is 0.454 e. The van der Waals surface area contributed by atoms with Crippen LogP contribution in [0.5, 0.6) is 11.5 Å². The lowest BCUT2D eigenvalue weighted by Gasteiger charge is -2.05. The van der Waals surface area contributed by atoms with E-state index in [4.69, 9.17) is 9.15 Å². The smallest absolute Gasteiger partial charge is 0.196 e. The van der Waals surface area contributed by atoms with Gasteiger partial charge in [-0.25, -0.2) is 9.97 Å². The van der Waals surface area contributed by atoms with Crippen LogP contribution in [0.2, 0.25) is 0 Å². The maximum absolute atomic E-state index is 12.1. The maximum atomic E-state index is 12.1. The van der Waals surface area contributed by atoms with Crippen LogP contribution < -0.4 is 10.2 Å². The zero-order valence-electron chi connectivity index (χ0n) is 12.5. The normalized spacial score (nSPS) is 10.7. The molecule has 0 unspecified atom stereocenters. The molecule has 0 atom stereocenters. The molecule has 2 aromatic carbocycles. The van der Waals surface area contributed by atoms with E-state index < -0.39 is 0 Å². The van der Waals surface area contributed by atoms with E-state index >= 15 is 0 Å². The molecule has 0 aliphatic rings. The van der Waals surface area contributed by atoms with Gasteiger partial charge in [0.05, 0.1) is 17.8 Å². The number of benzene rings is 2. The van der Waals surface area contributed by atoms with Gasteiger partial charge in [-0.05, 0) is 24.3 Å². The standard InChI is InChI=1S/C19H12N2O3/c22-16-10-18(24-17-9-5-4-8-15(16)17)19-20-11-14(12-21-19)23-13-6-2-1-3-7-13/h1-12H. The Kier molecular flexibility index (Phi) is 3.51. The highest BCUT2D eigenvalue weighted by atomic mass is 16.5. The minimum atomic E-state index is -0.125. The molecule has 24 heavy (non-hydrogen) atoms. The van der Waals surface area contributed by atoms with Gasteiger partial charge in [-0.1, -0.05) is 30.3 Å². The SMILES string of the molecule is O=c1cc(-c2ncc(Oc3ccccc3)cn2)oc2ccccc12. The molecule has 0 aliphatic heterocycles. The topological polar surface area (TPSA) is 65.2 Å². The Morgan fingerprint density at radius 2 is 1.54 bits per heavy atom. The molecule has 4 rings (SSSR count). The van der Waals surface area contributed by atoms with Gasteiger partial charge in [0.1, 0.15) is 11.3 Å². The first-order chi connectivity index (χ1) is 11.8. The van der Waals surface area contributed by atoms with Crippen molar-refractivity contribution in [1.82, 2.24) is 9.97 Å². The van der Waals surface area contributed by atoms with Gasteiger partial charge >= 0.3 is 0 Å². The first kappa shape index (κ1) is 14.1. The van der Waals surface area contributed by atoms with E-state index in [0.717, 1.165) is 0 Å². The van der Waals surface area contributed by atoms with Crippen molar-refractivity contribution in [3.05, 3.63) is 83.3 Å². The monoisotopic (exact) mass is 316 g/mol. The number of ether oxygens (including phenoxy) is 1.